The number of rotatable bonds is 3. The predicted octanol–water partition coefficient (Wildman–Crippen LogP) is 2.28. The Morgan fingerprint density at radius 2 is 2.25 bits per heavy atom. The van der Waals surface area contributed by atoms with E-state index in [9.17, 15) is 0 Å². The van der Waals surface area contributed by atoms with Gasteiger partial charge in [0.2, 0.25) is 0 Å². The Labute approximate surface area is 77.8 Å². The average Bonchev–Trinajstić information content (AvgIpc) is 2.38. The lowest BCUT2D eigenvalue weighted by atomic mass is 10.0. The molecule has 0 aromatic carbocycles. The van der Waals surface area contributed by atoms with Gasteiger partial charge in [0.15, 0.2) is 0 Å². The highest BCUT2D eigenvalue weighted by atomic mass is 32.1. The van der Waals surface area contributed by atoms with Gasteiger partial charge in [0.05, 0.1) is 0 Å². The first-order valence-corrected chi connectivity index (χ1v) is 5.09. The van der Waals surface area contributed by atoms with Crippen LogP contribution in [0.4, 0.5) is 0 Å². The number of hydrazine groups is 1. The number of aryl methyl sites for hydroxylation is 1. The SMILES string of the molecule is CCC(NN)c1csc(C)c1C. The minimum absolute atomic E-state index is 0.315. The monoisotopic (exact) mass is 184 g/mol. The maximum atomic E-state index is 5.45. The summed E-state index contributed by atoms with van der Waals surface area (Å²) in [7, 11) is 0. The smallest absolute Gasteiger partial charge is 0.0468 e. The largest absolute Gasteiger partial charge is 0.271 e. The van der Waals surface area contributed by atoms with Crippen LogP contribution in [0, 0.1) is 13.8 Å². The van der Waals surface area contributed by atoms with Gasteiger partial charge in [-0.15, -0.1) is 11.3 Å². The molecule has 0 aliphatic heterocycles. The lowest BCUT2D eigenvalue weighted by Gasteiger charge is -2.13. The quantitative estimate of drug-likeness (QED) is 0.558. The first kappa shape index (κ1) is 9.71. The summed E-state index contributed by atoms with van der Waals surface area (Å²) in [5.74, 6) is 5.45. The molecule has 0 saturated heterocycles. The Morgan fingerprint density at radius 3 is 2.58 bits per heavy atom. The molecule has 0 aliphatic rings. The van der Waals surface area contributed by atoms with Crippen LogP contribution < -0.4 is 11.3 Å². The Morgan fingerprint density at radius 1 is 1.58 bits per heavy atom. The molecule has 0 amide bonds. The zero-order chi connectivity index (χ0) is 9.14. The molecule has 12 heavy (non-hydrogen) atoms. The summed E-state index contributed by atoms with van der Waals surface area (Å²) in [6.45, 7) is 6.44. The second-order valence-electron chi connectivity index (χ2n) is 3.00. The lowest BCUT2D eigenvalue weighted by molar-refractivity contribution is 0.538. The molecule has 0 saturated carbocycles. The second kappa shape index (κ2) is 4.03. The van der Waals surface area contributed by atoms with Crippen LogP contribution in [0.5, 0.6) is 0 Å². The first-order chi connectivity index (χ1) is 5.70. The summed E-state index contributed by atoms with van der Waals surface area (Å²) < 4.78 is 0. The third kappa shape index (κ3) is 1.68. The van der Waals surface area contributed by atoms with Gasteiger partial charge < -0.3 is 0 Å². The normalized spacial score (nSPS) is 13.3. The highest BCUT2D eigenvalue weighted by Crippen LogP contribution is 2.27. The van der Waals surface area contributed by atoms with Gasteiger partial charge in [-0.3, -0.25) is 11.3 Å². The van der Waals surface area contributed by atoms with E-state index in [0.717, 1.165) is 6.42 Å². The maximum absolute atomic E-state index is 5.45. The van der Waals surface area contributed by atoms with Crippen molar-refractivity contribution in [1.29, 1.82) is 0 Å². The number of thiophene rings is 1. The summed E-state index contributed by atoms with van der Waals surface area (Å²) >= 11 is 1.79. The molecule has 0 radical (unpaired) electrons. The highest BCUT2D eigenvalue weighted by Gasteiger charge is 2.12. The average molecular weight is 184 g/mol. The molecule has 3 heteroatoms. The van der Waals surface area contributed by atoms with Crippen LogP contribution in [0.3, 0.4) is 0 Å². The number of hydrogen-bond acceptors (Lipinski definition) is 3. The zero-order valence-corrected chi connectivity index (χ0v) is 8.66. The van der Waals surface area contributed by atoms with E-state index in [1.165, 1.54) is 16.0 Å². The van der Waals surface area contributed by atoms with Crippen molar-refractivity contribution in [2.75, 3.05) is 0 Å². The Balaban J connectivity index is 2.93. The summed E-state index contributed by atoms with van der Waals surface area (Å²) in [6, 6.07) is 0.315. The fourth-order valence-corrected chi connectivity index (χ4v) is 2.24. The first-order valence-electron chi connectivity index (χ1n) is 4.21. The molecule has 68 valence electrons. The minimum atomic E-state index is 0.315. The molecule has 3 N–H and O–H groups in total. The molecule has 1 rings (SSSR count). The molecule has 1 atom stereocenters. The molecular weight excluding hydrogens is 168 g/mol. The van der Waals surface area contributed by atoms with Crippen molar-refractivity contribution in [3.8, 4) is 0 Å². The topological polar surface area (TPSA) is 38.0 Å². The van der Waals surface area contributed by atoms with E-state index >= 15 is 0 Å². The van der Waals surface area contributed by atoms with E-state index in [2.05, 4.69) is 31.6 Å². The summed E-state index contributed by atoms with van der Waals surface area (Å²) in [5.41, 5.74) is 5.56. The fourth-order valence-electron chi connectivity index (χ4n) is 1.30. The molecule has 0 spiro atoms. The van der Waals surface area contributed by atoms with E-state index in [0.29, 0.717) is 6.04 Å². The van der Waals surface area contributed by atoms with Gasteiger partial charge in [-0.1, -0.05) is 6.92 Å². The van der Waals surface area contributed by atoms with Gasteiger partial charge in [-0.2, -0.15) is 0 Å². The van der Waals surface area contributed by atoms with E-state index in [4.69, 9.17) is 5.84 Å². The Kier molecular flexibility index (Phi) is 3.26. The van der Waals surface area contributed by atoms with Crippen molar-refractivity contribution in [3.05, 3.63) is 21.4 Å². The van der Waals surface area contributed by atoms with Gasteiger partial charge >= 0.3 is 0 Å². The van der Waals surface area contributed by atoms with Crippen LogP contribution in [-0.4, -0.2) is 0 Å². The van der Waals surface area contributed by atoms with Crippen molar-refractivity contribution in [2.45, 2.75) is 33.2 Å². The van der Waals surface area contributed by atoms with Gasteiger partial charge in [0.1, 0.15) is 0 Å². The van der Waals surface area contributed by atoms with Crippen LogP contribution in [0.2, 0.25) is 0 Å². The second-order valence-corrected chi connectivity index (χ2v) is 4.08. The highest BCUT2D eigenvalue weighted by molar-refractivity contribution is 7.10. The standard InChI is InChI=1S/C9H16N2S/c1-4-9(11-10)8-5-12-7(3)6(8)2/h5,9,11H,4,10H2,1-3H3. The van der Waals surface area contributed by atoms with Crippen LogP contribution in [-0.2, 0) is 0 Å². The third-order valence-corrected chi connectivity index (χ3v) is 3.34. The van der Waals surface area contributed by atoms with Crippen LogP contribution >= 0.6 is 11.3 Å². The zero-order valence-electron chi connectivity index (χ0n) is 7.85. The van der Waals surface area contributed by atoms with E-state index < -0.39 is 0 Å². The Bertz CT molecular complexity index is 251. The molecule has 0 fully saturated rings. The van der Waals surface area contributed by atoms with Gasteiger partial charge in [0.25, 0.3) is 0 Å². The lowest BCUT2D eigenvalue weighted by Crippen LogP contribution is -2.27. The number of hydrogen-bond donors (Lipinski definition) is 2. The van der Waals surface area contributed by atoms with Gasteiger partial charge in [-0.25, -0.2) is 0 Å². The molecule has 1 heterocycles. The van der Waals surface area contributed by atoms with Crippen LogP contribution in [0.25, 0.3) is 0 Å². The van der Waals surface area contributed by atoms with Crippen LogP contribution in [0.15, 0.2) is 5.38 Å². The molecule has 0 bridgehead atoms. The van der Waals surface area contributed by atoms with Crippen LogP contribution in [0.1, 0.15) is 35.4 Å². The van der Waals surface area contributed by atoms with Crippen molar-refractivity contribution < 1.29 is 0 Å². The molecule has 2 nitrogen and oxygen atoms in total. The number of nitrogens with one attached hydrogen (secondary N) is 1. The molecule has 0 aliphatic carbocycles. The van der Waals surface area contributed by atoms with Crippen molar-refractivity contribution in [3.63, 3.8) is 0 Å². The van der Waals surface area contributed by atoms with E-state index in [-0.39, 0.29) is 0 Å². The van der Waals surface area contributed by atoms with Crippen molar-refractivity contribution in [2.24, 2.45) is 5.84 Å². The van der Waals surface area contributed by atoms with Crippen molar-refractivity contribution >= 4 is 11.3 Å². The fraction of sp³-hybridized carbons (Fsp3) is 0.556. The number of nitrogens with two attached hydrogens (primary N) is 1. The molecule has 1 aromatic rings. The third-order valence-electron chi connectivity index (χ3n) is 2.31. The van der Waals surface area contributed by atoms with Crippen molar-refractivity contribution in [1.82, 2.24) is 5.43 Å². The maximum Gasteiger partial charge on any atom is 0.0468 e. The van der Waals surface area contributed by atoms with Gasteiger partial charge in [-0.05, 0) is 36.8 Å². The molecular formula is C9H16N2S. The van der Waals surface area contributed by atoms with E-state index in [1.807, 2.05) is 0 Å². The molecule has 1 unspecified atom stereocenters. The summed E-state index contributed by atoms with van der Waals surface area (Å²) in [5, 5.41) is 2.19. The Hall–Kier alpha value is -0.380. The minimum Gasteiger partial charge on any atom is -0.271 e. The summed E-state index contributed by atoms with van der Waals surface area (Å²) in [4.78, 5) is 1.39. The molecule has 1 aromatic heterocycles. The predicted molar refractivity (Wildman–Crippen MR) is 54.1 cm³/mol. The van der Waals surface area contributed by atoms with Gasteiger partial charge in [0, 0.05) is 10.9 Å². The summed E-state index contributed by atoms with van der Waals surface area (Å²) in [6.07, 6.45) is 1.04. The van der Waals surface area contributed by atoms with E-state index in [1.54, 1.807) is 11.3 Å².